The Kier molecular flexibility index (Phi) is 5.00. The van der Waals surface area contributed by atoms with Crippen LogP contribution in [0.15, 0.2) is 33.5 Å². The van der Waals surface area contributed by atoms with Gasteiger partial charge < -0.3 is 14.6 Å². The van der Waals surface area contributed by atoms with Gasteiger partial charge in [0.15, 0.2) is 0 Å². The Hall–Kier alpha value is -2.14. The van der Waals surface area contributed by atoms with Crippen molar-refractivity contribution in [3.8, 4) is 0 Å². The van der Waals surface area contributed by atoms with Crippen LogP contribution in [-0.4, -0.2) is 36.5 Å². The number of carbonyl (C=O) groups is 1. The van der Waals surface area contributed by atoms with Gasteiger partial charge in [0.25, 0.3) is 0 Å². The molecule has 0 atom stereocenters. The van der Waals surface area contributed by atoms with Crippen LogP contribution in [0.1, 0.15) is 30.9 Å². The van der Waals surface area contributed by atoms with E-state index in [0.717, 1.165) is 49.0 Å². The summed E-state index contributed by atoms with van der Waals surface area (Å²) in [6.45, 7) is 7.22. The summed E-state index contributed by atoms with van der Waals surface area (Å²) in [6, 6.07) is 7.37. The highest BCUT2D eigenvalue weighted by atomic mass is 16.4. The van der Waals surface area contributed by atoms with E-state index in [0.29, 0.717) is 5.58 Å². The summed E-state index contributed by atoms with van der Waals surface area (Å²) >= 11 is 0. The Morgan fingerprint density at radius 3 is 2.75 bits per heavy atom. The molecular formula is C19H24N2O3. The molecule has 0 unspecified atom stereocenters. The van der Waals surface area contributed by atoms with Crippen molar-refractivity contribution >= 4 is 16.9 Å². The second-order valence-corrected chi connectivity index (χ2v) is 6.54. The molecule has 0 radical (unpaired) electrons. The van der Waals surface area contributed by atoms with E-state index >= 15 is 0 Å². The van der Waals surface area contributed by atoms with Crippen LogP contribution < -0.4 is 10.9 Å². The second-order valence-electron chi connectivity index (χ2n) is 6.54. The van der Waals surface area contributed by atoms with Crippen molar-refractivity contribution in [2.75, 3.05) is 19.6 Å². The molecule has 1 amide bonds. The lowest BCUT2D eigenvalue weighted by atomic mass is 10.0. The lowest BCUT2D eigenvalue weighted by Crippen LogP contribution is -2.44. The maximum absolute atomic E-state index is 12.4. The standard InChI is InChI=1S/C19H24N2O3/c1-3-21-8-6-15(7-9-21)20-18(22)11-14-12-19(23)24-17-10-13(2)4-5-16(14)17/h4-5,10,12,15H,3,6-9,11H2,1-2H3,(H,20,22). The van der Waals surface area contributed by atoms with E-state index in [-0.39, 0.29) is 18.4 Å². The van der Waals surface area contributed by atoms with Crippen LogP contribution in [0.4, 0.5) is 0 Å². The molecule has 1 N–H and O–H groups in total. The highest BCUT2D eigenvalue weighted by Gasteiger charge is 2.20. The van der Waals surface area contributed by atoms with Gasteiger partial charge in [-0.05, 0) is 43.5 Å². The number of hydrogen-bond acceptors (Lipinski definition) is 4. The Balaban J connectivity index is 1.71. The van der Waals surface area contributed by atoms with Crippen molar-refractivity contribution in [1.82, 2.24) is 10.2 Å². The molecule has 1 aliphatic rings. The molecule has 5 nitrogen and oxygen atoms in total. The summed E-state index contributed by atoms with van der Waals surface area (Å²) in [6.07, 6.45) is 2.17. The van der Waals surface area contributed by atoms with Gasteiger partial charge in [-0.15, -0.1) is 0 Å². The maximum Gasteiger partial charge on any atom is 0.336 e. The molecule has 1 aromatic carbocycles. The third kappa shape index (κ3) is 3.85. The third-order valence-corrected chi connectivity index (χ3v) is 4.74. The number of hydrogen-bond donors (Lipinski definition) is 1. The van der Waals surface area contributed by atoms with Gasteiger partial charge in [-0.1, -0.05) is 19.1 Å². The van der Waals surface area contributed by atoms with Crippen molar-refractivity contribution in [3.05, 3.63) is 45.8 Å². The summed E-state index contributed by atoms with van der Waals surface area (Å²) in [5.41, 5.74) is 1.88. The van der Waals surface area contributed by atoms with E-state index in [1.807, 2.05) is 25.1 Å². The van der Waals surface area contributed by atoms with Gasteiger partial charge in [0.05, 0.1) is 6.42 Å². The fraction of sp³-hybridized carbons (Fsp3) is 0.474. The number of nitrogens with zero attached hydrogens (tertiary/aromatic N) is 1. The molecule has 3 rings (SSSR count). The second kappa shape index (κ2) is 7.18. The summed E-state index contributed by atoms with van der Waals surface area (Å²) in [5, 5.41) is 3.94. The first kappa shape index (κ1) is 16.7. The van der Waals surface area contributed by atoms with Crippen LogP contribution in [0.5, 0.6) is 0 Å². The summed E-state index contributed by atoms with van der Waals surface area (Å²) < 4.78 is 5.25. The Morgan fingerprint density at radius 2 is 2.04 bits per heavy atom. The fourth-order valence-electron chi connectivity index (χ4n) is 3.33. The van der Waals surface area contributed by atoms with Gasteiger partial charge >= 0.3 is 5.63 Å². The van der Waals surface area contributed by atoms with Crippen LogP contribution in [-0.2, 0) is 11.2 Å². The number of piperidine rings is 1. The number of carbonyl (C=O) groups excluding carboxylic acids is 1. The average molecular weight is 328 g/mol. The monoisotopic (exact) mass is 328 g/mol. The minimum absolute atomic E-state index is 0.0302. The van der Waals surface area contributed by atoms with E-state index in [4.69, 9.17) is 4.42 Å². The van der Waals surface area contributed by atoms with E-state index in [9.17, 15) is 9.59 Å². The third-order valence-electron chi connectivity index (χ3n) is 4.74. The molecule has 2 heterocycles. The zero-order valence-electron chi connectivity index (χ0n) is 14.3. The lowest BCUT2D eigenvalue weighted by Gasteiger charge is -2.31. The summed E-state index contributed by atoms with van der Waals surface area (Å²) in [4.78, 5) is 26.5. The SMILES string of the molecule is CCN1CCC(NC(=O)Cc2cc(=O)oc3cc(C)ccc23)CC1. The predicted molar refractivity (Wildman–Crippen MR) is 94.2 cm³/mol. The van der Waals surface area contributed by atoms with Crippen molar-refractivity contribution in [1.29, 1.82) is 0 Å². The smallest absolute Gasteiger partial charge is 0.336 e. The summed E-state index contributed by atoms with van der Waals surface area (Å²) in [7, 11) is 0. The molecule has 1 fully saturated rings. The van der Waals surface area contributed by atoms with Crippen molar-refractivity contribution < 1.29 is 9.21 Å². The quantitative estimate of drug-likeness (QED) is 0.875. The number of amides is 1. The van der Waals surface area contributed by atoms with Crippen molar-refractivity contribution in [3.63, 3.8) is 0 Å². The van der Waals surface area contributed by atoms with Gasteiger partial charge in [-0.3, -0.25) is 4.79 Å². The molecule has 0 saturated carbocycles. The minimum atomic E-state index is -0.410. The normalized spacial score (nSPS) is 16.4. The average Bonchev–Trinajstić information content (AvgIpc) is 2.54. The maximum atomic E-state index is 12.4. The largest absolute Gasteiger partial charge is 0.423 e. The van der Waals surface area contributed by atoms with Crippen LogP contribution in [0.3, 0.4) is 0 Å². The van der Waals surface area contributed by atoms with Gasteiger partial charge in [-0.25, -0.2) is 4.79 Å². The van der Waals surface area contributed by atoms with Crippen LogP contribution in [0.25, 0.3) is 11.0 Å². The highest BCUT2D eigenvalue weighted by molar-refractivity contribution is 5.87. The van der Waals surface area contributed by atoms with Gasteiger partial charge in [0.1, 0.15) is 5.58 Å². The molecule has 24 heavy (non-hydrogen) atoms. The van der Waals surface area contributed by atoms with Gasteiger partial charge in [-0.2, -0.15) is 0 Å². The number of aryl methyl sites for hydroxylation is 1. The fourth-order valence-corrected chi connectivity index (χ4v) is 3.33. The number of benzene rings is 1. The molecule has 5 heteroatoms. The highest BCUT2D eigenvalue weighted by Crippen LogP contribution is 2.19. The molecule has 128 valence electrons. The minimum Gasteiger partial charge on any atom is -0.423 e. The van der Waals surface area contributed by atoms with E-state index in [1.54, 1.807) is 0 Å². The van der Waals surface area contributed by atoms with E-state index in [1.165, 1.54) is 6.07 Å². The Bertz CT molecular complexity index is 789. The molecule has 0 spiro atoms. The van der Waals surface area contributed by atoms with Crippen molar-refractivity contribution in [2.24, 2.45) is 0 Å². The zero-order valence-corrected chi connectivity index (χ0v) is 14.3. The van der Waals surface area contributed by atoms with Gasteiger partial charge in [0.2, 0.25) is 5.91 Å². The Labute approximate surface area is 141 Å². The molecule has 1 aromatic heterocycles. The number of fused-ring (bicyclic) bond motifs is 1. The van der Waals surface area contributed by atoms with Crippen LogP contribution in [0.2, 0.25) is 0 Å². The zero-order chi connectivity index (χ0) is 17.1. The van der Waals surface area contributed by atoms with Crippen LogP contribution >= 0.6 is 0 Å². The van der Waals surface area contributed by atoms with Crippen molar-refractivity contribution in [2.45, 2.75) is 39.2 Å². The number of likely N-dealkylation sites (tertiary alicyclic amines) is 1. The van der Waals surface area contributed by atoms with Crippen LogP contribution in [0, 0.1) is 6.92 Å². The first-order valence-electron chi connectivity index (χ1n) is 8.60. The molecule has 1 saturated heterocycles. The number of nitrogens with one attached hydrogen (secondary N) is 1. The molecular weight excluding hydrogens is 304 g/mol. The summed E-state index contributed by atoms with van der Waals surface area (Å²) in [5.74, 6) is -0.0302. The molecule has 1 aliphatic heterocycles. The first-order chi connectivity index (χ1) is 11.5. The lowest BCUT2D eigenvalue weighted by molar-refractivity contribution is -0.121. The molecule has 0 aliphatic carbocycles. The number of rotatable bonds is 4. The topological polar surface area (TPSA) is 62.6 Å². The molecule has 2 aromatic rings. The first-order valence-corrected chi connectivity index (χ1v) is 8.60. The Morgan fingerprint density at radius 1 is 1.29 bits per heavy atom. The van der Waals surface area contributed by atoms with E-state index < -0.39 is 5.63 Å². The van der Waals surface area contributed by atoms with Gasteiger partial charge in [0, 0.05) is 30.6 Å². The molecule has 0 bridgehead atoms. The van der Waals surface area contributed by atoms with E-state index in [2.05, 4.69) is 17.1 Å². The predicted octanol–water partition coefficient (Wildman–Crippen LogP) is 2.24.